The van der Waals surface area contributed by atoms with Gasteiger partial charge in [0.2, 0.25) is 0 Å². The van der Waals surface area contributed by atoms with Gasteiger partial charge in [0.15, 0.2) is 6.79 Å². The third-order valence-electron chi connectivity index (χ3n) is 2.30. The first-order valence-corrected chi connectivity index (χ1v) is 9.16. The van der Waals surface area contributed by atoms with Gasteiger partial charge in [0.25, 0.3) is 0 Å². The van der Waals surface area contributed by atoms with Crippen LogP contribution >= 0.6 is 0 Å². The Morgan fingerprint density at radius 3 is 2.16 bits per heavy atom. The van der Waals surface area contributed by atoms with Crippen molar-refractivity contribution in [1.29, 1.82) is 0 Å². The van der Waals surface area contributed by atoms with Gasteiger partial charge in [-0.3, -0.25) is 0 Å². The average molecular weight is 294 g/mol. The van der Waals surface area contributed by atoms with Crippen LogP contribution in [0.25, 0.3) is 0 Å². The average Bonchev–Trinajstić information content (AvgIpc) is 2.22. The fourth-order valence-electron chi connectivity index (χ4n) is 1.70. The number of rotatable bonds is 5. The highest BCUT2D eigenvalue weighted by Crippen LogP contribution is 2.27. The van der Waals surface area contributed by atoms with E-state index in [0.717, 1.165) is 0 Å². The van der Waals surface area contributed by atoms with Gasteiger partial charge >= 0.3 is 6.36 Å². The molecule has 0 aliphatic rings. The summed E-state index contributed by atoms with van der Waals surface area (Å²) in [7, 11) is -0.629. The van der Waals surface area contributed by atoms with Crippen LogP contribution in [-0.2, 0) is 4.74 Å². The van der Waals surface area contributed by atoms with Crippen LogP contribution in [0.15, 0.2) is 18.2 Å². The summed E-state index contributed by atoms with van der Waals surface area (Å²) in [6, 6.07) is 4.40. The molecule has 1 aromatic rings. The Morgan fingerprint density at radius 2 is 1.68 bits per heavy atom. The minimum Gasteiger partial charge on any atom is -0.468 e. The lowest BCUT2D eigenvalue weighted by molar-refractivity contribution is -0.274. The minimum absolute atomic E-state index is 0.0209. The molecule has 0 saturated heterocycles. The highest BCUT2D eigenvalue weighted by molar-refractivity contribution is 6.90. The van der Waals surface area contributed by atoms with Crippen molar-refractivity contribution >= 4 is 13.3 Å². The Bertz CT molecular complexity index is 427. The molecule has 0 amide bonds. The maximum absolute atomic E-state index is 12.4. The number of methoxy groups -OCH3 is 1. The first-order valence-electron chi connectivity index (χ1n) is 5.66. The molecule has 0 aliphatic heterocycles. The monoisotopic (exact) mass is 294 g/mol. The summed E-state index contributed by atoms with van der Waals surface area (Å²) in [5.41, 5.74) is 0. The van der Waals surface area contributed by atoms with Gasteiger partial charge in [-0.25, -0.2) is 0 Å². The van der Waals surface area contributed by atoms with Gasteiger partial charge in [-0.15, -0.1) is 13.2 Å². The van der Waals surface area contributed by atoms with Crippen molar-refractivity contribution < 1.29 is 27.4 Å². The van der Waals surface area contributed by atoms with Gasteiger partial charge in [0, 0.05) is 12.3 Å². The Labute approximate surface area is 111 Å². The lowest BCUT2D eigenvalue weighted by Gasteiger charge is -2.24. The van der Waals surface area contributed by atoms with E-state index in [0.29, 0.717) is 10.9 Å². The van der Waals surface area contributed by atoms with E-state index in [2.05, 4.69) is 4.74 Å². The fourth-order valence-corrected chi connectivity index (χ4v) is 3.47. The molecule has 0 atom stereocenters. The molecule has 0 unspecified atom stereocenters. The van der Waals surface area contributed by atoms with Gasteiger partial charge in [-0.1, -0.05) is 25.7 Å². The van der Waals surface area contributed by atoms with E-state index < -0.39 is 14.4 Å². The molecule has 0 aromatic heterocycles. The second kappa shape index (κ2) is 5.83. The second-order valence-electron chi connectivity index (χ2n) is 4.98. The highest BCUT2D eigenvalue weighted by Gasteiger charge is 2.35. The molecule has 0 aliphatic carbocycles. The summed E-state index contributed by atoms with van der Waals surface area (Å²) < 4.78 is 51.5. The lowest BCUT2D eigenvalue weighted by Crippen LogP contribution is -2.41. The number of hydrogen-bond donors (Lipinski definition) is 0. The minimum atomic E-state index is -4.71. The van der Waals surface area contributed by atoms with Crippen molar-refractivity contribution in [1.82, 2.24) is 0 Å². The van der Waals surface area contributed by atoms with Crippen molar-refractivity contribution in [2.75, 3.05) is 13.9 Å². The van der Waals surface area contributed by atoms with Crippen molar-refractivity contribution in [2.45, 2.75) is 26.0 Å². The molecule has 0 heterocycles. The predicted molar refractivity (Wildman–Crippen MR) is 68.6 cm³/mol. The van der Waals surface area contributed by atoms with E-state index >= 15 is 0 Å². The van der Waals surface area contributed by atoms with E-state index in [4.69, 9.17) is 9.47 Å². The third kappa shape index (κ3) is 4.75. The highest BCUT2D eigenvalue weighted by atomic mass is 28.3. The molecule has 0 fully saturated rings. The molecule has 7 heteroatoms. The van der Waals surface area contributed by atoms with Crippen LogP contribution in [-0.4, -0.2) is 28.3 Å². The van der Waals surface area contributed by atoms with E-state index in [1.165, 1.54) is 19.2 Å². The molecular weight excluding hydrogens is 277 g/mol. The van der Waals surface area contributed by atoms with Gasteiger partial charge in [0.1, 0.15) is 11.5 Å². The topological polar surface area (TPSA) is 27.7 Å². The number of ether oxygens (including phenoxy) is 3. The SMILES string of the molecule is COCOc1cccc(OC(F)(F)F)c1[Si](C)(C)C. The van der Waals surface area contributed by atoms with Gasteiger partial charge in [-0.2, -0.15) is 0 Å². The zero-order valence-corrected chi connectivity index (χ0v) is 12.3. The summed E-state index contributed by atoms with van der Waals surface area (Å²) in [4.78, 5) is 0. The Hall–Kier alpha value is -1.21. The largest absolute Gasteiger partial charge is 0.573 e. The molecule has 0 saturated carbocycles. The van der Waals surface area contributed by atoms with Crippen molar-refractivity contribution in [3.05, 3.63) is 18.2 Å². The molecule has 19 heavy (non-hydrogen) atoms. The number of benzene rings is 1. The zero-order chi connectivity index (χ0) is 14.7. The van der Waals surface area contributed by atoms with Crippen LogP contribution in [0, 0.1) is 0 Å². The summed E-state index contributed by atoms with van der Waals surface area (Å²) in [5, 5.41) is 0.490. The summed E-state index contributed by atoms with van der Waals surface area (Å²) in [5.74, 6) is 0.183. The fraction of sp³-hybridized carbons (Fsp3) is 0.500. The van der Waals surface area contributed by atoms with Crippen LogP contribution in [0.2, 0.25) is 19.6 Å². The maximum Gasteiger partial charge on any atom is 0.573 e. The van der Waals surface area contributed by atoms with Crippen LogP contribution in [0.5, 0.6) is 11.5 Å². The standard InChI is InChI=1S/C12H17F3O3Si/c1-16-8-17-9-6-5-7-10(18-12(13,14)15)11(9)19(2,3)4/h5-7H,8H2,1-4H3. The Morgan fingerprint density at radius 1 is 1.11 bits per heavy atom. The normalized spacial score (nSPS) is 12.4. The molecule has 0 spiro atoms. The van der Waals surface area contributed by atoms with Crippen molar-refractivity contribution in [3.8, 4) is 11.5 Å². The smallest absolute Gasteiger partial charge is 0.468 e. The van der Waals surface area contributed by atoms with Crippen LogP contribution < -0.4 is 14.7 Å². The molecule has 108 valence electrons. The number of halogens is 3. The lowest BCUT2D eigenvalue weighted by atomic mass is 10.3. The summed E-state index contributed by atoms with van der Waals surface area (Å²) >= 11 is 0. The number of hydrogen-bond acceptors (Lipinski definition) is 3. The zero-order valence-electron chi connectivity index (χ0n) is 11.3. The first kappa shape index (κ1) is 15.8. The van der Waals surface area contributed by atoms with E-state index in [-0.39, 0.29) is 12.5 Å². The third-order valence-corrected chi connectivity index (χ3v) is 4.29. The van der Waals surface area contributed by atoms with E-state index in [9.17, 15) is 13.2 Å². The first-order chi connectivity index (χ1) is 8.65. The summed E-state index contributed by atoms with van der Waals surface area (Å²) in [6.45, 7) is 5.74. The van der Waals surface area contributed by atoms with Crippen LogP contribution in [0.1, 0.15) is 0 Å². The molecular formula is C12H17F3O3Si. The molecule has 0 bridgehead atoms. The van der Waals surface area contributed by atoms with Crippen molar-refractivity contribution in [2.24, 2.45) is 0 Å². The number of alkyl halides is 3. The molecule has 1 rings (SSSR count). The molecule has 3 nitrogen and oxygen atoms in total. The quantitative estimate of drug-likeness (QED) is 0.617. The van der Waals surface area contributed by atoms with Gasteiger partial charge in [-0.05, 0) is 12.1 Å². The van der Waals surface area contributed by atoms with Crippen molar-refractivity contribution in [3.63, 3.8) is 0 Å². The molecule has 0 N–H and O–H groups in total. The predicted octanol–water partition coefficient (Wildman–Crippen LogP) is 3.11. The van der Waals surface area contributed by atoms with Crippen LogP contribution in [0.4, 0.5) is 13.2 Å². The maximum atomic E-state index is 12.4. The Kier molecular flexibility index (Phi) is 4.86. The van der Waals surface area contributed by atoms with E-state index in [1.807, 2.05) is 19.6 Å². The van der Waals surface area contributed by atoms with E-state index in [1.54, 1.807) is 6.07 Å². The molecule has 1 aromatic carbocycles. The van der Waals surface area contributed by atoms with Gasteiger partial charge in [0.05, 0.1) is 8.07 Å². The summed E-state index contributed by atoms with van der Waals surface area (Å²) in [6.07, 6.45) is -4.71. The Balaban J connectivity index is 3.23. The van der Waals surface area contributed by atoms with Crippen LogP contribution in [0.3, 0.4) is 0 Å². The van der Waals surface area contributed by atoms with Gasteiger partial charge < -0.3 is 14.2 Å². The second-order valence-corrected chi connectivity index (χ2v) is 9.98. The molecule has 0 radical (unpaired) electrons.